The van der Waals surface area contributed by atoms with Gasteiger partial charge >= 0.3 is 0 Å². The van der Waals surface area contributed by atoms with Crippen LogP contribution in [0.4, 0.5) is 5.82 Å². The Hall–Kier alpha value is -1.36. The van der Waals surface area contributed by atoms with Crippen molar-refractivity contribution in [1.29, 1.82) is 0 Å². The van der Waals surface area contributed by atoms with Crippen LogP contribution < -0.4 is 5.32 Å². The van der Waals surface area contributed by atoms with Gasteiger partial charge < -0.3 is 5.32 Å². The Labute approximate surface area is 93.0 Å². The highest BCUT2D eigenvalue weighted by Gasteiger charge is 2.05. The molecule has 15 heavy (non-hydrogen) atoms. The SMILES string of the molecule is Cc1nc(C)c(CNc2ccnn2C)s1. The van der Waals surface area contributed by atoms with Crippen molar-refractivity contribution < 1.29 is 0 Å². The Morgan fingerprint density at radius 2 is 2.27 bits per heavy atom. The van der Waals surface area contributed by atoms with Gasteiger partial charge in [0.2, 0.25) is 0 Å². The fraction of sp³-hybridized carbons (Fsp3) is 0.400. The van der Waals surface area contributed by atoms with Crippen molar-refractivity contribution in [3.05, 3.63) is 27.8 Å². The molecule has 0 saturated heterocycles. The fourth-order valence-electron chi connectivity index (χ4n) is 1.46. The lowest BCUT2D eigenvalue weighted by atomic mass is 10.4. The predicted molar refractivity (Wildman–Crippen MR) is 62.1 cm³/mol. The zero-order valence-electron chi connectivity index (χ0n) is 9.11. The van der Waals surface area contributed by atoms with E-state index < -0.39 is 0 Å². The highest BCUT2D eigenvalue weighted by molar-refractivity contribution is 7.11. The molecule has 5 heteroatoms. The standard InChI is InChI=1S/C10H14N4S/c1-7-9(15-8(2)13-7)6-11-10-4-5-12-14(10)3/h4-5,11H,6H2,1-3H3. The number of aromatic nitrogens is 3. The maximum absolute atomic E-state index is 4.39. The van der Waals surface area contributed by atoms with Gasteiger partial charge in [-0.3, -0.25) is 4.68 Å². The number of anilines is 1. The van der Waals surface area contributed by atoms with E-state index in [1.165, 1.54) is 4.88 Å². The van der Waals surface area contributed by atoms with Crippen LogP contribution in [0.2, 0.25) is 0 Å². The Morgan fingerprint density at radius 1 is 1.47 bits per heavy atom. The van der Waals surface area contributed by atoms with E-state index in [4.69, 9.17) is 0 Å². The molecule has 0 fully saturated rings. The molecule has 0 amide bonds. The molecule has 0 aliphatic carbocycles. The monoisotopic (exact) mass is 222 g/mol. The molecule has 2 aromatic rings. The van der Waals surface area contributed by atoms with Crippen LogP contribution in [0.1, 0.15) is 15.6 Å². The molecule has 0 spiro atoms. The summed E-state index contributed by atoms with van der Waals surface area (Å²) in [6.07, 6.45) is 1.78. The number of hydrogen-bond acceptors (Lipinski definition) is 4. The van der Waals surface area contributed by atoms with Gasteiger partial charge in [-0.1, -0.05) is 0 Å². The molecule has 4 nitrogen and oxygen atoms in total. The summed E-state index contributed by atoms with van der Waals surface area (Å²) in [6, 6.07) is 1.96. The first-order chi connectivity index (χ1) is 7.16. The Balaban J connectivity index is 2.05. The quantitative estimate of drug-likeness (QED) is 0.865. The normalized spacial score (nSPS) is 10.6. The lowest BCUT2D eigenvalue weighted by molar-refractivity contribution is 0.769. The zero-order chi connectivity index (χ0) is 10.8. The number of thiazole rings is 1. The summed E-state index contributed by atoms with van der Waals surface area (Å²) in [5.74, 6) is 1.03. The van der Waals surface area contributed by atoms with Crippen LogP contribution in [-0.4, -0.2) is 14.8 Å². The third-order valence-corrected chi connectivity index (χ3v) is 3.32. The maximum Gasteiger partial charge on any atom is 0.124 e. The highest BCUT2D eigenvalue weighted by atomic mass is 32.1. The van der Waals surface area contributed by atoms with Crippen LogP contribution in [0.5, 0.6) is 0 Å². The van der Waals surface area contributed by atoms with Gasteiger partial charge in [-0.25, -0.2) is 4.98 Å². The predicted octanol–water partition coefficient (Wildman–Crippen LogP) is 2.11. The van der Waals surface area contributed by atoms with Crippen molar-refractivity contribution in [2.45, 2.75) is 20.4 Å². The molecule has 0 aromatic carbocycles. The molecule has 2 rings (SSSR count). The van der Waals surface area contributed by atoms with Crippen molar-refractivity contribution in [3.8, 4) is 0 Å². The molecular formula is C10H14N4S. The van der Waals surface area contributed by atoms with E-state index in [1.807, 2.05) is 31.6 Å². The lowest BCUT2D eigenvalue weighted by Gasteiger charge is -2.04. The number of hydrogen-bond donors (Lipinski definition) is 1. The molecule has 0 bridgehead atoms. The van der Waals surface area contributed by atoms with E-state index in [0.29, 0.717) is 0 Å². The highest BCUT2D eigenvalue weighted by Crippen LogP contribution is 2.18. The third kappa shape index (κ3) is 2.18. The van der Waals surface area contributed by atoms with E-state index in [2.05, 4.69) is 15.4 Å². The van der Waals surface area contributed by atoms with Crippen LogP contribution in [0.15, 0.2) is 12.3 Å². The van der Waals surface area contributed by atoms with Crippen molar-refractivity contribution in [3.63, 3.8) is 0 Å². The molecule has 0 aliphatic rings. The van der Waals surface area contributed by atoms with E-state index in [-0.39, 0.29) is 0 Å². The molecule has 2 aromatic heterocycles. The average Bonchev–Trinajstić information content (AvgIpc) is 2.70. The molecule has 0 unspecified atom stereocenters. The molecule has 1 N–H and O–H groups in total. The molecule has 0 atom stereocenters. The average molecular weight is 222 g/mol. The first-order valence-electron chi connectivity index (χ1n) is 4.81. The van der Waals surface area contributed by atoms with Crippen LogP contribution in [-0.2, 0) is 13.6 Å². The van der Waals surface area contributed by atoms with Crippen LogP contribution in [0.3, 0.4) is 0 Å². The summed E-state index contributed by atoms with van der Waals surface area (Å²) in [6.45, 7) is 4.89. The smallest absolute Gasteiger partial charge is 0.124 e. The van der Waals surface area contributed by atoms with Crippen molar-refractivity contribution in [1.82, 2.24) is 14.8 Å². The number of nitrogens with one attached hydrogen (secondary N) is 1. The summed E-state index contributed by atoms with van der Waals surface area (Å²) in [5, 5.41) is 8.55. The minimum Gasteiger partial charge on any atom is -0.365 e. The maximum atomic E-state index is 4.39. The fourth-order valence-corrected chi connectivity index (χ4v) is 2.33. The second-order valence-electron chi connectivity index (χ2n) is 3.44. The van der Waals surface area contributed by atoms with Crippen molar-refractivity contribution in [2.24, 2.45) is 7.05 Å². The van der Waals surface area contributed by atoms with Gasteiger partial charge in [0.15, 0.2) is 0 Å². The summed E-state index contributed by atoms with van der Waals surface area (Å²) >= 11 is 1.74. The van der Waals surface area contributed by atoms with Gasteiger partial charge in [0, 0.05) is 18.0 Å². The number of nitrogens with zero attached hydrogens (tertiary/aromatic N) is 3. The van der Waals surface area contributed by atoms with E-state index >= 15 is 0 Å². The molecule has 80 valence electrons. The third-order valence-electron chi connectivity index (χ3n) is 2.25. The zero-order valence-corrected chi connectivity index (χ0v) is 9.93. The summed E-state index contributed by atoms with van der Waals surface area (Å²) < 4.78 is 1.82. The van der Waals surface area contributed by atoms with Gasteiger partial charge in [0.1, 0.15) is 5.82 Å². The first kappa shape index (κ1) is 10.2. The second-order valence-corrected chi connectivity index (χ2v) is 4.72. The van der Waals surface area contributed by atoms with Crippen molar-refractivity contribution >= 4 is 17.2 Å². The van der Waals surface area contributed by atoms with Crippen LogP contribution >= 0.6 is 11.3 Å². The molecule has 0 aliphatic heterocycles. The van der Waals surface area contributed by atoms with E-state index in [0.717, 1.165) is 23.1 Å². The summed E-state index contributed by atoms with van der Waals surface area (Å²) in [7, 11) is 1.92. The molecule has 2 heterocycles. The lowest BCUT2D eigenvalue weighted by Crippen LogP contribution is -2.04. The van der Waals surface area contributed by atoms with Crippen molar-refractivity contribution in [2.75, 3.05) is 5.32 Å². The van der Waals surface area contributed by atoms with Gasteiger partial charge in [-0.2, -0.15) is 5.10 Å². The second kappa shape index (κ2) is 4.02. The van der Waals surface area contributed by atoms with Crippen LogP contribution in [0, 0.1) is 13.8 Å². The van der Waals surface area contributed by atoms with Gasteiger partial charge in [0.05, 0.1) is 23.4 Å². The van der Waals surface area contributed by atoms with E-state index in [1.54, 1.807) is 17.5 Å². The van der Waals surface area contributed by atoms with Crippen LogP contribution in [0.25, 0.3) is 0 Å². The Morgan fingerprint density at radius 3 is 2.80 bits per heavy atom. The topological polar surface area (TPSA) is 42.7 Å². The first-order valence-corrected chi connectivity index (χ1v) is 5.63. The minimum atomic E-state index is 0.816. The molecule has 0 radical (unpaired) electrons. The summed E-state index contributed by atoms with van der Waals surface area (Å²) in [4.78, 5) is 5.68. The number of rotatable bonds is 3. The molecular weight excluding hydrogens is 208 g/mol. The summed E-state index contributed by atoms with van der Waals surface area (Å²) in [5.41, 5.74) is 1.12. The molecule has 0 saturated carbocycles. The van der Waals surface area contributed by atoms with Gasteiger partial charge in [0.25, 0.3) is 0 Å². The Kier molecular flexibility index (Phi) is 2.73. The Bertz CT molecular complexity index is 458. The number of aryl methyl sites for hydroxylation is 3. The van der Waals surface area contributed by atoms with E-state index in [9.17, 15) is 0 Å². The van der Waals surface area contributed by atoms with Gasteiger partial charge in [-0.15, -0.1) is 11.3 Å². The van der Waals surface area contributed by atoms with Gasteiger partial charge in [-0.05, 0) is 13.8 Å². The minimum absolute atomic E-state index is 0.816. The largest absolute Gasteiger partial charge is 0.365 e.